The minimum Gasteiger partial charge on any atom is -0.457 e. The van der Waals surface area contributed by atoms with E-state index in [0.29, 0.717) is 11.8 Å². The third-order valence-corrected chi connectivity index (χ3v) is 9.47. The zero-order valence-electron chi connectivity index (χ0n) is 26.3. The van der Waals surface area contributed by atoms with Gasteiger partial charge in [0.05, 0.1) is 5.41 Å². The highest BCUT2D eigenvalue weighted by molar-refractivity contribution is 5.90. The molecule has 9 rings (SSSR count). The van der Waals surface area contributed by atoms with Gasteiger partial charge in [0.25, 0.3) is 0 Å². The first-order chi connectivity index (χ1) is 23.8. The van der Waals surface area contributed by atoms with E-state index in [0.717, 1.165) is 50.4 Å². The average molecular weight is 619 g/mol. The van der Waals surface area contributed by atoms with E-state index in [1.54, 1.807) is 0 Å². The van der Waals surface area contributed by atoms with Crippen molar-refractivity contribution >= 4 is 6.08 Å². The molecule has 2 heterocycles. The van der Waals surface area contributed by atoms with Gasteiger partial charge in [-0.05, 0) is 82.3 Å². The maximum atomic E-state index is 6.67. The van der Waals surface area contributed by atoms with Crippen LogP contribution in [0.25, 0.3) is 51.2 Å². The van der Waals surface area contributed by atoms with Gasteiger partial charge < -0.3 is 9.15 Å². The highest BCUT2D eigenvalue weighted by Crippen LogP contribution is 2.62. The Kier molecular flexibility index (Phi) is 6.54. The maximum Gasteiger partial charge on any atom is 0.248 e. The molecule has 0 saturated carbocycles. The summed E-state index contributed by atoms with van der Waals surface area (Å²) >= 11 is 0. The van der Waals surface area contributed by atoms with Gasteiger partial charge in [-0.2, -0.15) is 0 Å². The van der Waals surface area contributed by atoms with E-state index in [2.05, 4.69) is 119 Å². The van der Waals surface area contributed by atoms with Crippen molar-refractivity contribution < 1.29 is 9.15 Å². The summed E-state index contributed by atoms with van der Waals surface area (Å²) in [4.78, 5) is 0. The van der Waals surface area contributed by atoms with Crippen LogP contribution in [0.3, 0.4) is 0 Å². The lowest BCUT2D eigenvalue weighted by Crippen LogP contribution is -2.32. The number of allylic oxidation sites excluding steroid dienone is 3. The maximum absolute atomic E-state index is 6.67. The molecule has 0 atom stereocenters. The van der Waals surface area contributed by atoms with Crippen molar-refractivity contribution in [2.24, 2.45) is 0 Å². The van der Waals surface area contributed by atoms with Crippen LogP contribution in [-0.2, 0) is 5.41 Å². The monoisotopic (exact) mass is 618 g/mol. The first-order valence-electron chi connectivity index (χ1n) is 16.2. The Morgan fingerprint density at radius 2 is 1.17 bits per heavy atom. The lowest BCUT2D eigenvalue weighted by molar-refractivity contribution is 0.436. The largest absolute Gasteiger partial charge is 0.457 e. The Labute approximate surface area is 279 Å². The second kappa shape index (κ2) is 11.2. The minimum absolute atomic E-state index is 0.468. The zero-order chi connectivity index (χ0) is 32.1. The first kappa shape index (κ1) is 28.0. The smallest absolute Gasteiger partial charge is 0.248 e. The summed E-state index contributed by atoms with van der Waals surface area (Å²) in [7, 11) is 0. The zero-order valence-corrected chi connectivity index (χ0v) is 26.3. The fourth-order valence-corrected chi connectivity index (χ4v) is 7.43. The van der Waals surface area contributed by atoms with Crippen molar-refractivity contribution in [3.05, 3.63) is 186 Å². The number of ether oxygens (including phenoxy) is 1. The fourth-order valence-electron chi connectivity index (χ4n) is 7.43. The van der Waals surface area contributed by atoms with Crippen LogP contribution in [0, 0.1) is 0 Å². The Bertz CT molecular complexity index is 2350. The van der Waals surface area contributed by atoms with Crippen LogP contribution in [0.5, 0.6) is 11.5 Å². The molecule has 1 aliphatic carbocycles. The van der Waals surface area contributed by atoms with Crippen LogP contribution in [-0.4, -0.2) is 10.2 Å². The number of rotatable bonds is 5. The molecular weight excluding hydrogens is 588 g/mol. The Morgan fingerprint density at radius 3 is 1.94 bits per heavy atom. The van der Waals surface area contributed by atoms with E-state index in [1.807, 2.05) is 61.5 Å². The van der Waals surface area contributed by atoms with Crippen LogP contribution in [0.1, 0.15) is 34.7 Å². The van der Waals surface area contributed by atoms with Crippen molar-refractivity contribution in [2.75, 3.05) is 0 Å². The van der Waals surface area contributed by atoms with E-state index in [-0.39, 0.29) is 0 Å². The fraction of sp³-hybridized carbons (Fsp3) is 0.0455. The highest BCUT2D eigenvalue weighted by atomic mass is 16.5. The van der Waals surface area contributed by atoms with Crippen LogP contribution in [0.4, 0.5) is 0 Å². The van der Waals surface area contributed by atoms with E-state index in [9.17, 15) is 0 Å². The third kappa shape index (κ3) is 4.23. The SMILES string of the molecule is C/C=C\C=C/c1ccc(-c2ccc3c(c2)C2(c4ccccc4O3)c3ccccc3-c3ccccc32)c(-c2nnc(-c3ccccc3)o2)c1. The quantitative estimate of drug-likeness (QED) is 0.180. The summed E-state index contributed by atoms with van der Waals surface area (Å²) in [6.45, 7) is 2.01. The van der Waals surface area contributed by atoms with Crippen molar-refractivity contribution in [1.82, 2.24) is 10.2 Å². The molecule has 1 aromatic heterocycles. The number of benzene rings is 6. The number of fused-ring (bicyclic) bond motifs is 9. The van der Waals surface area contributed by atoms with Gasteiger partial charge in [0, 0.05) is 22.3 Å². The van der Waals surface area contributed by atoms with Crippen molar-refractivity contribution in [2.45, 2.75) is 12.3 Å². The molecule has 0 radical (unpaired) electrons. The van der Waals surface area contributed by atoms with Gasteiger partial charge >= 0.3 is 0 Å². The molecule has 1 spiro atoms. The van der Waals surface area contributed by atoms with Crippen LogP contribution in [0.2, 0.25) is 0 Å². The second-order valence-electron chi connectivity index (χ2n) is 12.1. The molecule has 0 saturated heterocycles. The highest BCUT2D eigenvalue weighted by Gasteiger charge is 2.51. The number of hydrogen-bond acceptors (Lipinski definition) is 4. The van der Waals surface area contributed by atoms with Crippen LogP contribution >= 0.6 is 0 Å². The second-order valence-corrected chi connectivity index (χ2v) is 12.1. The van der Waals surface area contributed by atoms with Crippen molar-refractivity contribution in [1.29, 1.82) is 0 Å². The van der Waals surface area contributed by atoms with Crippen molar-refractivity contribution in [3.8, 4) is 56.7 Å². The summed E-state index contributed by atoms with van der Waals surface area (Å²) in [5, 5.41) is 8.99. The summed E-state index contributed by atoms with van der Waals surface area (Å²) < 4.78 is 13.0. The van der Waals surface area contributed by atoms with Crippen LogP contribution in [0.15, 0.2) is 162 Å². The molecule has 1 aliphatic heterocycles. The molecule has 0 unspecified atom stereocenters. The molecule has 0 fully saturated rings. The van der Waals surface area contributed by atoms with Gasteiger partial charge in [0.2, 0.25) is 11.8 Å². The lowest BCUT2D eigenvalue weighted by atomic mass is 9.65. The van der Waals surface area contributed by atoms with E-state index in [1.165, 1.54) is 22.3 Å². The lowest BCUT2D eigenvalue weighted by Gasteiger charge is -2.39. The molecule has 4 heteroatoms. The average Bonchev–Trinajstić information content (AvgIpc) is 3.75. The van der Waals surface area contributed by atoms with Gasteiger partial charge in [0.1, 0.15) is 11.5 Å². The predicted octanol–water partition coefficient (Wildman–Crippen LogP) is 11.1. The molecular formula is C44H30N2O2. The summed E-state index contributed by atoms with van der Waals surface area (Å²) in [5.74, 6) is 2.68. The normalized spacial score (nSPS) is 13.7. The molecule has 7 aromatic rings. The number of para-hydroxylation sites is 1. The number of hydrogen-bond donors (Lipinski definition) is 0. The minimum atomic E-state index is -0.548. The number of nitrogens with zero attached hydrogens (tertiary/aromatic N) is 2. The molecule has 6 aromatic carbocycles. The standard InChI is InChI=1S/C44H30N2O2/c1-2-3-5-14-29-23-25-32(35(27-29)43-46-45-42(48-43)30-15-6-4-7-16-30)31-24-26-41-39(28-31)44(38-21-12-13-22-40(38)47-41)36-19-10-8-17-33(36)34-18-9-11-20-37(34)44/h2-28H,1H3/b3-2-,14-5-. The molecule has 0 amide bonds. The predicted molar refractivity (Wildman–Crippen MR) is 192 cm³/mol. The first-order valence-corrected chi connectivity index (χ1v) is 16.2. The summed E-state index contributed by atoms with van der Waals surface area (Å²) in [6, 6.07) is 48.9. The summed E-state index contributed by atoms with van der Waals surface area (Å²) in [5.41, 5.74) is 11.5. The molecule has 4 nitrogen and oxygen atoms in total. The molecule has 228 valence electrons. The molecule has 0 N–H and O–H groups in total. The van der Waals surface area contributed by atoms with Crippen LogP contribution < -0.4 is 4.74 Å². The van der Waals surface area contributed by atoms with E-state index < -0.39 is 5.41 Å². The van der Waals surface area contributed by atoms with Gasteiger partial charge in [-0.3, -0.25) is 0 Å². The molecule has 0 bridgehead atoms. The van der Waals surface area contributed by atoms with Gasteiger partial charge in [-0.25, -0.2) is 0 Å². The molecule has 48 heavy (non-hydrogen) atoms. The Morgan fingerprint density at radius 1 is 0.500 bits per heavy atom. The third-order valence-electron chi connectivity index (χ3n) is 9.47. The van der Waals surface area contributed by atoms with E-state index in [4.69, 9.17) is 9.15 Å². The van der Waals surface area contributed by atoms with Gasteiger partial charge in [-0.1, -0.05) is 127 Å². The summed E-state index contributed by atoms with van der Waals surface area (Å²) in [6.07, 6.45) is 8.15. The Hall–Kier alpha value is -6.26. The van der Waals surface area contributed by atoms with Gasteiger partial charge in [-0.15, -0.1) is 10.2 Å². The number of aromatic nitrogens is 2. The molecule has 2 aliphatic rings. The van der Waals surface area contributed by atoms with Gasteiger partial charge in [0.15, 0.2) is 0 Å². The Balaban J connectivity index is 1.28. The van der Waals surface area contributed by atoms with E-state index >= 15 is 0 Å². The topological polar surface area (TPSA) is 48.2 Å². The van der Waals surface area contributed by atoms with Crippen molar-refractivity contribution in [3.63, 3.8) is 0 Å².